The predicted octanol–water partition coefficient (Wildman–Crippen LogP) is 3.28. The van der Waals surface area contributed by atoms with Gasteiger partial charge in [0.05, 0.1) is 11.8 Å². The van der Waals surface area contributed by atoms with Crippen LogP contribution >= 0.6 is 0 Å². The van der Waals surface area contributed by atoms with Crippen molar-refractivity contribution >= 4 is 23.6 Å². The van der Waals surface area contributed by atoms with Crippen LogP contribution in [0.15, 0.2) is 53.7 Å². The second-order valence-corrected chi connectivity index (χ2v) is 5.27. The second-order valence-electron chi connectivity index (χ2n) is 5.27. The summed E-state index contributed by atoms with van der Waals surface area (Å²) in [5.41, 5.74) is 2.12. The summed E-state index contributed by atoms with van der Waals surface area (Å²) >= 11 is 0. The van der Waals surface area contributed by atoms with Crippen LogP contribution in [-0.2, 0) is 9.63 Å². The lowest BCUT2D eigenvalue weighted by Gasteiger charge is -2.08. The van der Waals surface area contributed by atoms with Crippen LogP contribution < -0.4 is 10.1 Å². The number of ketones is 1. The number of amides is 1. The Morgan fingerprint density at radius 1 is 1.04 bits per heavy atom. The van der Waals surface area contributed by atoms with Crippen molar-refractivity contribution in [2.75, 3.05) is 18.5 Å². The van der Waals surface area contributed by atoms with Crippen LogP contribution in [0.5, 0.6) is 5.75 Å². The minimum Gasteiger partial charge on any atom is -0.489 e. The quantitative estimate of drug-likeness (QED) is 0.346. The van der Waals surface area contributed by atoms with Gasteiger partial charge in [0.1, 0.15) is 12.4 Å². The summed E-state index contributed by atoms with van der Waals surface area (Å²) in [5.74, 6) is 0.379. The summed E-state index contributed by atoms with van der Waals surface area (Å²) in [5, 5.41) is 6.55. The zero-order valence-corrected chi connectivity index (χ0v) is 14.2. The van der Waals surface area contributed by atoms with Gasteiger partial charge in [-0.1, -0.05) is 29.4 Å². The minimum atomic E-state index is -0.115. The number of nitrogens with zero attached hydrogens (tertiary/aromatic N) is 1. The van der Waals surface area contributed by atoms with E-state index in [1.807, 2.05) is 18.2 Å². The van der Waals surface area contributed by atoms with E-state index >= 15 is 0 Å². The third kappa shape index (κ3) is 6.10. The Balaban J connectivity index is 1.75. The van der Waals surface area contributed by atoms with E-state index in [1.54, 1.807) is 36.5 Å². The SMILES string of the molecule is CC(=O)Nc1ccc(C=NOCCOc2ccccc2C(C)=O)cc1. The highest BCUT2D eigenvalue weighted by Crippen LogP contribution is 2.18. The Labute approximate surface area is 146 Å². The van der Waals surface area contributed by atoms with Crippen molar-refractivity contribution < 1.29 is 19.2 Å². The number of para-hydroxylation sites is 1. The number of Topliss-reactive ketones (excluding diaryl/α,β-unsaturated/α-hetero) is 1. The maximum atomic E-state index is 11.5. The number of benzene rings is 2. The summed E-state index contributed by atoms with van der Waals surface area (Å²) in [7, 11) is 0. The van der Waals surface area contributed by atoms with Crippen molar-refractivity contribution in [1.82, 2.24) is 0 Å². The highest BCUT2D eigenvalue weighted by molar-refractivity contribution is 5.96. The van der Waals surface area contributed by atoms with E-state index in [2.05, 4.69) is 10.5 Å². The average Bonchev–Trinajstić information content (AvgIpc) is 2.59. The fourth-order valence-corrected chi connectivity index (χ4v) is 2.08. The van der Waals surface area contributed by atoms with Gasteiger partial charge in [0, 0.05) is 12.6 Å². The smallest absolute Gasteiger partial charge is 0.221 e. The third-order valence-electron chi connectivity index (χ3n) is 3.21. The van der Waals surface area contributed by atoms with Crippen molar-refractivity contribution in [2.45, 2.75) is 13.8 Å². The first-order valence-electron chi connectivity index (χ1n) is 7.82. The van der Waals surface area contributed by atoms with Gasteiger partial charge in [-0.05, 0) is 36.8 Å². The van der Waals surface area contributed by atoms with Crippen LogP contribution in [0.1, 0.15) is 29.8 Å². The molecule has 2 rings (SSSR count). The van der Waals surface area contributed by atoms with Gasteiger partial charge in [-0.25, -0.2) is 0 Å². The molecule has 0 fully saturated rings. The van der Waals surface area contributed by atoms with Gasteiger partial charge in [0.2, 0.25) is 5.91 Å². The van der Waals surface area contributed by atoms with Gasteiger partial charge in [-0.15, -0.1) is 0 Å². The average molecular weight is 340 g/mol. The number of hydrogen-bond acceptors (Lipinski definition) is 5. The molecule has 1 amide bonds. The molecule has 0 saturated carbocycles. The molecular weight excluding hydrogens is 320 g/mol. The monoisotopic (exact) mass is 340 g/mol. The fraction of sp³-hybridized carbons (Fsp3) is 0.211. The number of oxime groups is 1. The Kier molecular flexibility index (Phi) is 6.71. The molecule has 0 bridgehead atoms. The lowest BCUT2D eigenvalue weighted by molar-refractivity contribution is -0.114. The van der Waals surface area contributed by atoms with E-state index in [9.17, 15) is 9.59 Å². The fourth-order valence-electron chi connectivity index (χ4n) is 2.08. The van der Waals surface area contributed by atoms with Gasteiger partial charge in [0.15, 0.2) is 12.4 Å². The van der Waals surface area contributed by atoms with Crippen LogP contribution in [-0.4, -0.2) is 31.1 Å². The van der Waals surface area contributed by atoms with E-state index in [0.29, 0.717) is 11.3 Å². The molecule has 0 aliphatic carbocycles. The van der Waals surface area contributed by atoms with Crippen molar-refractivity contribution in [3.63, 3.8) is 0 Å². The van der Waals surface area contributed by atoms with Crippen LogP contribution in [0.3, 0.4) is 0 Å². The number of carbonyl (C=O) groups excluding carboxylic acids is 2. The van der Waals surface area contributed by atoms with Gasteiger partial charge in [-0.2, -0.15) is 0 Å². The Hall–Kier alpha value is -3.15. The summed E-state index contributed by atoms with van der Waals surface area (Å²) in [6, 6.07) is 14.3. The number of rotatable bonds is 8. The highest BCUT2D eigenvalue weighted by Gasteiger charge is 2.06. The molecule has 0 radical (unpaired) electrons. The van der Waals surface area contributed by atoms with E-state index in [4.69, 9.17) is 9.57 Å². The molecule has 0 aromatic heterocycles. The van der Waals surface area contributed by atoms with Crippen LogP contribution in [0.4, 0.5) is 5.69 Å². The molecular formula is C19H20N2O4. The molecule has 0 aliphatic heterocycles. The largest absolute Gasteiger partial charge is 0.489 e. The molecule has 0 aliphatic rings. The summed E-state index contributed by atoms with van der Waals surface area (Å²) in [6.07, 6.45) is 1.57. The number of anilines is 1. The van der Waals surface area contributed by atoms with Crippen molar-refractivity contribution in [2.24, 2.45) is 5.16 Å². The zero-order valence-electron chi connectivity index (χ0n) is 14.2. The summed E-state index contributed by atoms with van der Waals surface area (Å²) in [6.45, 7) is 3.50. The molecule has 0 heterocycles. The first kappa shape index (κ1) is 18.2. The molecule has 0 unspecified atom stereocenters. The Morgan fingerprint density at radius 3 is 2.44 bits per heavy atom. The molecule has 1 N–H and O–H groups in total. The lowest BCUT2D eigenvalue weighted by atomic mass is 10.1. The first-order chi connectivity index (χ1) is 12.1. The van der Waals surface area contributed by atoms with Gasteiger partial charge < -0.3 is 14.9 Å². The number of ether oxygens (including phenoxy) is 1. The molecule has 0 atom stereocenters. The molecule has 0 saturated heterocycles. The molecule has 2 aromatic carbocycles. The maximum absolute atomic E-state index is 11.5. The zero-order chi connectivity index (χ0) is 18.1. The van der Waals surface area contributed by atoms with E-state index in [1.165, 1.54) is 13.8 Å². The predicted molar refractivity (Wildman–Crippen MR) is 96.2 cm³/mol. The number of nitrogens with one attached hydrogen (secondary N) is 1. The summed E-state index contributed by atoms with van der Waals surface area (Å²) in [4.78, 5) is 27.6. The number of carbonyl (C=O) groups is 2. The Bertz CT molecular complexity index is 754. The van der Waals surface area contributed by atoms with Crippen LogP contribution in [0, 0.1) is 0 Å². The van der Waals surface area contributed by atoms with Gasteiger partial charge in [0.25, 0.3) is 0 Å². The topological polar surface area (TPSA) is 77.0 Å². The molecule has 25 heavy (non-hydrogen) atoms. The summed E-state index contributed by atoms with van der Waals surface area (Å²) < 4.78 is 5.54. The normalized spacial score (nSPS) is 10.5. The van der Waals surface area contributed by atoms with Gasteiger partial charge in [-0.3, -0.25) is 9.59 Å². The van der Waals surface area contributed by atoms with Crippen molar-refractivity contribution in [3.8, 4) is 5.75 Å². The molecule has 6 nitrogen and oxygen atoms in total. The third-order valence-corrected chi connectivity index (χ3v) is 3.21. The first-order valence-corrected chi connectivity index (χ1v) is 7.82. The van der Waals surface area contributed by atoms with E-state index < -0.39 is 0 Å². The standard InChI is InChI=1S/C19H20N2O4/c1-14(22)18-5-3-4-6-19(18)24-11-12-25-20-13-16-7-9-17(10-8-16)21-15(2)23/h3-10,13H,11-12H2,1-2H3,(H,21,23). The van der Waals surface area contributed by atoms with E-state index in [-0.39, 0.29) is 24.9 Å². The highest BCUT2D eigenvalue weighted by atomic mass is 16.6. The van der Waals surface area contributed by atoms with Crippen molar-refractivity contribution in [1.29, 1.82) is 0 Å². The van der Waals surface area contributed by atoms with Gasteiger partial charge >= 0.3 is 0 Å². The molecule has 130 valence electrons. The minimum absolute atomic E-state index is 0.0442. The molecule has 0 spiro atoms. The van der Waals surface area contributed by atoms with E-state index in [0.717, 1.165) is 11.3 Å². The van der Waals surface area contributed by atoms with Crippen LogP contribution in [0.25, 0.3) is 0 Å². The molecule has 6 heteroatoms. The second kappa shape index (κ2) is 9.22. The Morgan fingerprint density at radius 2 is 1.76 bits per heavy atom. The number of hydrogen-bond donors (Lipinski definition) is 1. The van der Waals surface area contributed by atoms with Crippen molar-refractivity contribution in [3.05, 3.63) is 59.7 Å². The van der Waals surface area contributed by atoms with Crippen LogP contribution in [0.2, 0.25) is 0 Å². The maximum Gasteiger partial charge on any atom is 0.221 e. The lowest BCUT2D eigenvalue weighted by Crippen LogP contribution is -2.07. The molecule has 2 aromatic rings.